The summed E-state index contributed by atoms with van der Waals surface area (Å²) in [5.41, 5.74) is -1.24. The van der Waals surface area contributed by atoms with Gasteiger partial charge in [0.25, 0.3) is 0 Å². The lowest BCUT2D eigenvalue weighted by atomic mass is 10.1. The van der Waals surface area contributed by atoms with Crippen molar-refractivity contribution in [1.29, 1.82) is 0 Å². The summed E-state index contributed by atoms with van der Waals surface area (Å²) in [4.78, 5) is 12.1. The molecule has 0 aliphatic carbocycles. The molecule has 0 atom stereocenters. The van der Waals surface area contributed by atoms with Crippen LogP contribution in [0.1, 0.15) is 11.4 Å². The molecule has 12 heteroatoms. The number of carbonyl (C=O) groups excluding carboxylic acids is 1. The molecular weight excluding hydrogens is 435 g/mol. The molecular formula is C19H18F3N5O3S. The van der Waals surface area contributed by atoms with Gasteiger partial charge in [-0.2, -0.15) is 13.2 Å². The molecule has 0 aliphatic heterocycles. The van der Waals surface area contributed by atoms with Crippen molar-refractivity contribution in [2.75, 3.05) is 24.0 Å². The standard InChI is InChI=1S/C19H18F3N5O3S/c1-29-12-5-4-6-13(9-12)30-10-16-25-26-18(27(16)23)31-11-17(28)24-15-8-3-2-7-14(15)19(20,21)22/h2-9H,10-11,23H2,1H3,(H,24,28). The topological polar surface area (TPSA) is 104 Å². The van der Waals surface area contributed by atoms with E-state index in [2.05, 4.69) is 15.5 Å². The molecule has 0 unspecified atom stereocenters. The SMILES string of the molecule is COc1cccc(OCc2nnc(SCC(=O)Nc3ccccc3C(F)(F)F)n2N)c1. The van der Waals surface area contributed by atoms with Crippen LogP contribution >= 0.6 is 11.8 Å². The predicted molar refractivity (Wildman–Crippen MR) is 108 cm³/mol. The number of para-hydroxylation sites is 1. The smallest absolute Gasteiger partial charge is 0.418 e. The van der Waals surface area contributed by atoms with Crippen LogP contribution in [0.2, 0.25) is 0 Å². The van der Waals surface area contributed by atoms with Gasteiger partial charge in [0.2, 0.25) is 11.1 Å². The number of benzene rings is 2. The summed E-state index contributed by atoms with van der Waals surface area (Å²) < 4.78 is 51.0. The normalized spacial score (nSPS) is 11.2. The Morgan fingerprint density at radius 3 is 2.65 bits per heavy atom. The maximum atomic E-state index is 13.0. The van der Waals surface area contributed by atoms with Crippen LogP contribution in [0.15, 0.2) is 53.7 Å². The average Bonchev–Trinajstić information content (AvgIpc) is 3.10. The van der Waals surface area contributed by atoms with E-state index in [9.17, 15) is 18.0 Å². The number of ether oxygens (including phenoxy) is 2. The van der Waals surface area contributed by atoms with Crippen LogP contribution < -0.4 is 20.6 Å². The molecule has 2 aromatic carbocycles. The van der Waals surface area contributed by atoms with Crippen molar-refractivity contribution in [2.45, 2.75) is 17.9 Å². The van der Waals surface area contributed by atoms with Crippen molar-refractivity contribution < 1.29 is 27.4 Å². The number of aromatic nitrogens is 3. The molecule has 3 N–H and O–H groups in total. The third-order valence-corrected chi connectivity index (χ3v) is 4.93. The van der Waals surface area contributed by atoms with E-state index in [0.29, 0.717) is 17.3 Å². The highest BCUT2D eigenvalue weighted by Gasteiger charge is 2.33. The maximum absolute atomic E-state index is 13.0. The van der Waals surface area contributed by atoms with E-state index >= 15 is 0 Å². The van der Waals surface area contributed by atoms with Crippen LogP contribution in [0.25, 0.3) is 0 Å². The van der Waals surface area contributed by atoms with Gasteiger partial charge < -0.3 is 20.6 Å². The number of amides is 1. The van der Waals surface area contributed by atoms with E-state index < -0.39 is 17.6 Å². The minimum Gasteiger partial charge on any atom is -0.497 e. The number of nitrogens with two attached hydrogens (primary N) is 1. The van der Waals surface area contributed by atoms with E-state index in [1.807, 2.05) is 0 Å². The van der Waals surface area contributed by atoms with Gasteiger partial charge >= 0.3 is 6.18 Å². The molecule has 0 radical (unpaired) electrons. The number of halogens is 3. The lowest BCUT2D eigenvalue weighted by Gasteiger charge is -2.13. The molecule has 1 amide bonds. The summed E-state index contributed by atoms with van der Waals surface area (Å²) in [6.07, 6.45) is -4.58. The number of thioether (sulfide) groups is 1. The van der Waals surface area contributed by atoms with Crippen molar-refractivity contribution in [2.24, 2.45) is 0 Å². The molecule has 3 rings (SSSR count). The Hall–Kier alpha value is -3.41. The van der Waals surface area contributed by atoms with E-state index in [1.165, 1.54) is 25.3 Å². The van der Waals surface area contributed by atoms with Gasteiger partial charge in [0.1, 0.15) is 18.1 Å². The summed E-state index contributed by atoms with van der Waals surface area (Å²) in [6, 6.07) is 11.7. The quantitative estimate of drug-likeness (QED) is 0.398. The van der Waals surface area contributed by atoms with Crippen LogP contribution in [-0.2, 0) is 17.6 Å². The first-order valence-electron chi connectivity index (χ1n) is 8.83. The monoisotopic (exact) mass is 453 g/mol. The number of nitrogens with zero attached hydrogens (tertiary/aromatic N) is 3. The Kier molecular flexibility index (Phi) is 6.90. The lowest BCUT2D eigenvalue weighted by molar-refractivity contribution is -0.137. The second kappa shape index (κ2) is 9.60. The zero-order valence-corrected chi connectivity index (χ0v) is 17.0. The molecule has 0 bridgehead atoms. The molecule has 0 saturated carbocycles. The van der Waals surface area contributed by atoms with E-state index in [4.69, 9.17) is 15.3 Å². The van der Waals surface area contributed by atoms with Gasteiger partial charge in [0.15, 0.2) is 5.82 Å². The van der Waals surface area contributed by atoms with Crippen molar-refractivity contribution in [3.05, 3.63) is 59.9 Å². The van der Waals surface area contributed by atoms with Gasteiger partial charge in [-0.25, -0.2) is 4.68 Å². The molecule has 31 heavy (non-hydrogen) atoms. The molecule has 0 fully saturated rings. The van der Waals surface area contributed by atoms with Crippen LogP contribution in [0, 0.1) is 0 Å². The molecule has 0 saturated heterocycles. The van der Waals surface area contributed by atoms with Gasteiger partial charge in [-0.3, -0.25) is 4.79 Å². The Labute approximate surface area is 179 Å². The number of anilines is 1. The Bertz CT molecular complexity index is 1060. The first-order valence-corrected chi connectivity index (χ1v) is 9.81. The minimum atomic E-state index is -4.58. The summed E-state index contributed by atoms with van der Waals surface area (Å²) in [7, 11) is 1.54. The fourth-order valence-corrected chi connectivity index (χ4v) is 3.17. The number of methoxy groups -OCH3 is 1. The van der Waals surface area contributed by atoms with Gasteiger partial charge in [-0.1, -0.05) is 30.0 Å². The van der Waals surface area contributed by atoms with Gasteiger partial charge in [-0.15, -0.1) is 10.2 Å². The zero-order valence-electron chi connectivity index (χ0n) is 16.2. The molecule has 1 aromatic heterocycles. The average molecular weight is 453 g/mol. The predicted octanol–water partition coefficient (Wildman–Crippen LogP) is 3.33. The minimum absolute atomic E-state index is 0.0163. The van der Waals surface area contributed by atoms with Crippen molar-refractivity contribution in [1.82, 2.24) is 14.9 Å². The number of nitrogen functional groups attached to an aromatic ring is 1. The molecule has 0 aliphatic rings. The van der Waals surface area contributed by atoms with E-state index in [0.717, 1.165) is 22.5 Å². The van der Waals surface area contributed by atoms with E-state index in [-0.39, 0.29) is 23.2 Å². The molecule has 3 aromatic rings. The van der Waals surface area contributed by atoms with Crippen molar-refractivity contribution in [3.63, 3.8) is 0 Å². The third kappa shape index (κ3) is 5.81. The highest BCUT2D eigenvalue weighted by atomic mass is 32.2. The number of carbonyl (C=O) groups is 1. The number of rotatable bonds is 8. The van der Waals surface area contributed by atoms with E-state index in [1.54, 1.807) is 24.3 Å². The maximum Gasteiger partial charge on any atom is 0.418 e. The van der Waals surface area contributed by atoms with Gasteiger partial charge in [-0.05, 0) is 24.3 Å². The summed E-state index contributed by atoms with van der Waals surface area (Å²) in [5.74, 6) is 6.55. The molecule has 1 heterocycles. The third-order valence-electron chi connectivity index (χ3n) is 3.98. The fraction of sp³-hybridized carbons (Fsp3) is 0.211. The lowest BCUT2D eigenvalue weighted by Crippen LogP contribution is -2.19. The van der Waals surface area contributed by atoms with Crippen LogP contribution in [0.3, 0.4) is 0 Å². The number of nitrogens with one attached hydrogen (secondary N) is 1. The Morgan fingerprint density at radius 2 is 1.90 bits per heavy atom. The summed E-state index contributed by atoms with van der Waals surface area (Å²) >= 11 is 0.932. The second-order valence-corrected chi connectivity index (χ2v) is 7.06. The van der Waals surface area contributed by atoms with Crippen molar-refractivity contribution >= 4 is 23.4 Å². The van der Waals surface area contributed by atoms with Crippen molar-refractivity contribution in [3.8, 4) is 11.5 Å². The second-order valence-electron chi connectivity index (χ2n) is 6.12. The summed E-state index contributed by atoms with van der Waals surface area (Å²) in [5, 5.41) is 10.3. The first kappa shape index (κ1) is 22.3. The molecule has 0 spiro atoms. The summed E-state index contributed by atoms with van der Waals surface area (Å²) in [6.45, 7) is 0.0163. The number of alkyl halides is 3. The van der Waals surface area contributed by atoms with Crippen LogP contribution in [0.4, 0.5) is 18.9 Å². The largest absolute Gasteiger partial charge is 0.497 e. The Morgan fingerprint density at radius 1 is 1.16 bits per heavy atom. The van der Waals surface area contributed by atoms with Gasteiger partial charge in [0.05, 0.1) is 24.1 Å². The number of hydrogen-bond acceptors (Lipinski definition) is 7. The highest BCUT2D eigenvalue weighted by molar-refractivity contribution is 7.99. The van der Waals surface area contributed by atoms with Crippen LogP contribution in [0.5, 0.6) is 11.5 Å². The fourth-order valence-electron chi connectivity index (χ4n) is 2.50. The Balaban J connectivity index is 1.57. The highest BCUT2D eigenvalue weighted by Crippen LogP contribution is 2.34. The zero-order chi connectivity index (χ0) is 22.4. The number of hydrogen-bond donors (Lipinski definition) is 2. The molecule has 8 nitrogen and oxygen atoms in total. The van der Waals surface area contributed by atoms with Gasteiger partial charge in [0, 0.05) is 6.07 Å². The molecule has 164 valence electrons. The first-order chi connectivity index (χ1) is 14.8. The van der Waals surface area contributed by atoms with Crippen LogP contribution in [-0.4, -0.2) is 33.6 Å².